The normalized spacial score (nSPS) is 14.6. The molecule has 0 bridgehead atoms. The van der Waals surface area contributed by atoms with E-state index < -0.39 is 0 Å². The van der Waals surface area contributed by atoms with Gasteiger partial charge in [0.25, 0.3) is 0 Å². The van der Waals surface area contributed by atoms with E-state index in [0.29, 0.717) is 0 Å². The van der Waals surface area contributed by atoms with E-state index in [4.69, 9.17) is 9.72 Å². The van der Waals surface area contributed by atoms with Crippen molar-refractivity contribution in [3.8, 4) is 5.75 Å². The van der Waals surface area contributed by atoms with E-state index in [-0.39, 0.29) is 6.04 Å². The lowest BCUT2D eigenvalue weighted by atomic mass is 10.0. The van der Waals surface area contributed by atoms with Gasteiger partial charge in [0, 0.05) is 17.0 Å². The number of ether oxygens (including phenoxy) is 1. The number of aromatic nitrogens is 2. The van der Waals surface area contributed by atoms with Crippen LogP contribution in [0.3, 0.4) is 0 Å². The molecule has 2 aromatic heterocycles. The van der Waals surface area contributed by atoms with Crippen LogP contribution < -0.4 is 10.1 Å². The molecular weight excluding hydrogens is 356 g/mol. The molecule has 3 aromatic rings. The number of likely N-dealkylation sites (N-methyl/N-ethyl adjacent to an activating group) is 1. The van der Waals surface area contributed by atoms with E-state index in [0.717, 1.165) is 35.2 Å². The van der Waals surface area contributed by atoms with E-state index >= 15 is 0 Å². The molecule has 1 aromatic carbocycles. The Bertz CT molecular complexity index is 966. The van der Waals surface area contributed by atoms with Crippen molar-refractivity contribution in [3.05, 3.63) is 46.1 Å². The number of nitrogens with one attached hydrogen (secondary N) is 1. The maximum absolute atomic E-state index is 5.59. The number of fused-ring (bicyclic) bond motifs is 3. The highest BCUT2D eigenvalue weighted by atomic mass is 32.1. The molecule has 0 aliphatic heterocycles. The van der Waals surface area contributed by atoms with Crippen molar-refractivity contribution in [3.63, 3.8) is 0 Å². The molecule has 0 saturated carbocycles. The van der Waals surface area contributed by atoms with Crippen LogP contribution in [0.4, 0.5) is 5.82 Å². The van der Waals surface area contributed by atoms with Crippen LogP contribution >= 0.6 is 11.3 Å². The van der Waals surface area contributed by atoms with Gasteiger partial charge in [-0.15, -0.1) is 11.3 Å². The number of para-hydroxylation sites is 1. The zero-order chi connectivity index (χ0) is 19.0. The molecule has 1 aliphatic carbocycles. The highest BCUT2D eigenvalue weighted by molar-refractivity contribution is 7.19. The zero-order valence-corrected chi connectivity index (χ0v) is 17.2. The number of hydrogen-bond donors (Lipinski definition) is 1. The summed E-state index contributed by atoms with van der Waals surface area (Å²) in [6.45, 7) is 2.72. The van der Waals surface area contributed by atoms with Gasteiger partial charge in [-0.3, -0.25) is 0 Å². The summed E-state index contributed by atoms with van der Waals surface area (Å²) in [6, 6.07) is 8.40. The highest BCUT2D eigenvalue weighted by Crippen LogP contribution is 2.39. The van der Waals surface area contributed by atoms with Crippen molar-refractivity contribution in [1.82, 2.24) is 14.9 Å². The van der Waals surface area contributed by atoms with Crippen LogP contribution in [0.2, 0.25) is 0 Å². The average molecular weight is 383 g/mol. The van der Waals surface area contributed by atoms with E-state index in [1.54, 1.807) is 7.11 Å². The second-order valence-corrected chi connectivity index (χ2v) is 8.34. The van der Waals surface area contributed by atoms with Gasteiger partial charge in [0.15, 0.2) is 0 Å². The molecule has 1 N–H and O–H groups in total. The summed E-state index contributed by atoms with van der Waals surface area (Å²) in [5.41, 5.74) is 2.63. The number of rotatable bonds is 6. The van der Waals surface area contributed by atoms with Crippen LogP contribution in [0.15, 0.2) is 24.3 Å². The van der Waals surface area contributed by atoms with Crippen molar-refractivity contribution in [1.29, 1.82) is 0 Å². The predicted octanol–water partition coefficient (Wildman–Crippen LogP) is 4.21. The van der Waals surface area contributed by atoms with Gasteiger partial charge in [0.1, 0.15) is 22.2 Å². The van der Waals surface area contributed by atoms with Crippen LogP contribution in [0.25, 0.3) is 10.2 Å². The smallest absolute Gasteiger partial charge is 0.138 e. The van der Waals surface area contributed by atoms with Gasteiger partial charge in [0.05, 0.1) is 18.5 Å². The molecule has 0 unspecified atom stereocenters. The van der Waals surface area contributed by atoms with Crippen LogP contribution in [0, 0.1) is 6.92 Å². The van der Waals surface area contributed by atoms with Gasteiger partial charge in [-0.1, -0.05) is 18.2 Å². The molecule has 142 valence electrons. The molecule has 0 fully saturated rings. The molecule has 0 saturated heterocycles. The van der Waals surface area contributed by atoms with E-state index in [1.165, 1.54) is 34.2 Å². The van der Waals surface area contributed by atoms with Crippen LogP contribution in [0.1, 0.15) is 34.3 Å². The quantitative estimate of drug-likeness (QED) is 0.692. The van der Waals surface area contributed by atoms with Crippen LogP contribution in [0.5, 0.6) is 5.75 Å². The Kier molecular flexibility index (Phi) is 5.02. The molecule has 1 atom stereocenters. The Labute approximate surface area is 164 Å². The number of methoxy groups -OCH3 is 1. The molecule has 6 heteroatoms. The number of anilines is 1. The van der Waals surface area contributed by atoms with Gasteiger partial charge in [0.2, 0.25) is 0 Å². The maximum Gasteiger partial charge on any atom is 0.138 e. The zero-order valence-electron chi connectivity index (χ0n) is 16.4. The SMILES string of the molecule is COc1ccccc1[C@@H](CNc1nc(C)nc2sc3c(c12)CCC3)N(C)C. The lowest BCUT2D eigenvalue weighted by Gasteiger charge is -2.27. The van der Waals surface area contributed by atoms with Crippen molar-refractivity contribution >= 4 is 27.4 Å². The van der Waals surface area contributed by atoms with Crippen LogP contribution in [-0.2, 0) is 12.8 Å². The molecule has 27 heavy (non-hydrogen) atoms. The lowest BCUT2D eigenvalue weighted by molar-refractivity contribution is 0.300. The van der Waals surface area contributed by atoms with Gasteiger partial charge in [-0.05, 0) is 51.9 Å². The summed E-state index contributed by atoms with van der Waals surface area (Å²) in [6.07, 6.45) is 3.56. The summed E-state index contributed by atoms with van der Waals surface area (Å²) in [7, 11) is 5.93. The monoisotopic (exact) mass is 382 g/mol. The number of nitrogens with zero attached hydrogens (tertiary/aromatic N) is 3. The Balaban J connectivity index is 1.67. The Morgan fingerprint density at radius 2 is 2.04 bits per heavy atom. The molecular formula is C21H26N4OS. The number of thiophene rings is 1. The molecule has 5 nitrogen and oxygen atoms in total. The standard InChI is InChI=1S/C21H26N4OS/c1-13-23-20(19-15-9-7-11-18(15)27-21(19)24-13)22-12-16(25(2)3)14-8-5-6-10-17(14)26-4/h5-6,8,10,16H,7,9,11-12H2,1-4H3,(H,22,23,24)/t16-/m1/s1. The maximum atomic E-state index is 5.59. The van der Waals surface area contributed by atoms with E-state index in [1.807, 2.05) is 30.4 Å². The third kappa shape index (κ3) is 3.39. The minimum absolute atomic E-state index is 0.179. The second kappa shape index (κ2) is 7.44. The minimum atomic E-state index is 0.179. The van der Waals surface area contributed by atoms with Crippen molar-refractivity contribution in [2.45, 2.75) is 32.2 Å². The first-order chi connectivity index (χ1) is 13.1. The first-order valence-electron chi connectivity index (χ1n) is 9.40. The molecule has 0 spiro atoms. The summed E-state index contributed by atoms with van der Waals surface area (Å²) in [4.78, 5) is 14.3. The van der Waals surface area contributed by atoms with Crippen molar-refractivity contribution < 1.29 is 4.74 Å². The van der Waals surface area contributed by atoms with Crippen molar-refractivity contribution in [2.24, 2.45) is 0 Å². The third-order valence-corrected chi connectivity index (χ3v) is 6.45. The lowest BCUT2D eigenvalue weighted by Crippen LogP contribution is -2.27. The molecule has 2 heterocycles. The fourth-order valence-corrected chi connectivity index (χ4v) is 5.24. The molecule has 1 aliphatic rings. The fraction of sp³-hybridized carbons (Fsp3) is 0.429. The number of aryl methyl sites for hydroxylation is 3. The molecule has 4 rings (SSSR count). The summed E-state index contributed by atoms with van der Waals surface area (Å²) < 4.78 is 5.59. The van der Waals surface area contributed by atoms with Gasteiger partial charge in [-0.25, -0.2) is 9.97 Å². The average Bonchev–Trinajstić information content (AvgIpc) is 3.22. The highest BCUT2D eigenvalue weighted by Gasteiger charge is 2.23. The Morgan fingerprint density at radius 1 is 1.22 bits per heavy atom. The van der Waals surface area contributed by atoms with Gasteiger partial charge < -0.3 is 15.0 Å². The minimum Gasteiger partial charge on any atom is -0.496 e. The van der Waals surface area contributed by atoms with Crippen LogP contribution in [-0.4, -0.2) is 42.6 Å². The first-order valence-corrected chi connectivity index (χ1v) is 10.2. The van der Waals surface area contributed by atoms with Crippen molar-refractivity contribution in [2.75, 3.05) is 33.1 Å². The topological polar surface area (TPSA) is 50.3 Å². The third-order valence-electron chi connectivity index (χ3n) is 5.26. The number of hydrogen-bond acceptors (Lipinski definition) is 6. The van der Waals surface area contributed by atoms with Gasteiger partial charge >= 0.3 is 0 Å². The largest absolute Gasteiger partial charge is 0.496 e. The second-order valence-electron chi connectivity index (χ2n) is 7.26. The summed E-state index contributed by atoms with van der Waals surface area (Å²) >= 11 is 1.84. The molecule has 0 radical (unpaired) electrons. The fourth-order valence-electron chi connectivity index (χ4n) is 3.94. The van der Waals surface area contributed by atoms with E-state index in [9.17, 15) is 0 Å². The Morgan fingerprint density at radius 3 is 2.81 bits per heavy atom. The Hall–Kier alpha value is -2.18. The molecule has 0 amide bonds. The summed E-state index contributed by atoms with van der Waals surface area (Å²) in [5, 5.41) is 4.87. The van der Waals surface area contributed by atoms with E-state index in [2.05, 4.69) is 41.4 Å². The first kappa shape index (κ1) is 18.2. The predicted molar refractivity (Wildman–Crippen MR) is 112 cm³/mol. The summed E-state index contributed by atoms with van der Waals surface area (Å²) in [5.74, 6) is 2.71. The van der Waals surface area contributed by atoms with Gasteiger partial charge in [-0.2, -0.15) is 0 Å². The number of benzene rings is 1.